The van der Waals surface area contributed by atoms with Crippen LogP contribution >= 0.6 is 0 Å². The van der Waals surface area contributed by atoms with E-state index >= 15 is 0 Å². The van der Waals surface area contributed by atoms with Crippen LogP contribution in [0.4, 0.5) is 0 Å². The maximum absolute atomic E-state index is 13.0. The molecule has 0 bridgehead atoms. The van der Waals surface area contributed by atoms with Gasteiger partial charge >= 0.3 is 0 Å². The quantitative estimate of drug-likeness (QED) is 0.706. The lowest BCUT2D eigenvalue weighted by atomic mass is 10.0. The lowest BCUT2D eigenvalue weighted by Crippen LogP contribution is -2.52. The third-order valence-electron chi connectivity index (χ3n) is 5.73. The fourth-order valence-electron chi connectivity index (χ4n) is 4.02. The van der Waals surface area contributed by atoms with Crippen molar-refractivity contribution < 1.29 is 4.79 Å². The number of aromatic amines is 1. The van der Waals surface area contributed by atoms with Gasteiger partial charge in [-0.1, -0.05) is 6.07 Å². The Hall–Kier alpha value is -3.70. The van der Waals surface area contributed by atoms with Crippen molar-refractivity contribution in [1.82, 2.24) is 24.6 Å². The van der Waals surface area contributed by atoms with E-state index in [1.165, 1.54) is 10.9 Å². The summed E-state index contributed by atoms with van der Waals surface area (Å²) in [4.78, 5) is 34.3. The highest BCUT2D eigenvalue weighted by molar-refractivity contribution is 5.94. The van der Waals surface area contributed by atoms with Gasteiger partial charge in [-0.15, -0.1) is 0 Å². The summed E-state index contributed by atoms with van der Waals surface area (Å²) in [5.74, 6) is 0.359. The molecular formula is C23H24N6O2. The number of piperazine rings is 1. The summed E-state index contributed by atoms with van der Waals surface area (Å²) in [6.07, 6.45) is 3.14. The average molecular weight is 416 g/mol. The molecule has 0 saturated carbocycles. The van der Waals surface area contributed by atoms with Gasteiger partial charge in [0.2, 0.25) is 0 Å². The summed E-state index contributed by atoms with van der Waals surface area (Å²) >= 11 is 0. The van der Waals surface area contributed by atoms with E-state index in [2.05, 4.69) is 28.1 Å². The second-order valence-corrected chi connectivity index (χ2v) is 7.98. The summed E-state index contributed by atoms with van der Waals surface area (Å²) < 4.78 is 1.35. The molecule has 1 aliphatic heterocycles. The van der Waals surface area contributed by atoms with Gasteiger partial charge in [-0.25, -0.2) is 9.67 Å². The second kappa shape index (κ2) is 8.20. The molecule has 0 radical (unpaired) electrons. The Morgan fingerprint density at radius 1 is 1.23 bits per heavy atom. The first-order valence-electron chi connectivity index (χ1n) is 10.2. The number of carbonyl (C=O) groups excluding carboxylic acids is 1. The molecule has 8 heteroatoms. The monoisotopic (exact) mass is 416 g/mol. The number of amides is 1. The lowest BCUT2D eigenvalue weighted by molar-refractivity contribution is 0.0533. The number of nitrogens with one attached hydrogen (secondary N) is 1. The van der Waals surface area contributed by atoms with Crippen LogP contribution in [0.5, 0.6) is 0 Å². The van der Waals surface area contributed by atoms with Crippen LogP contribution in [0.1, 0.15) is 28.4 Å². The Labute approximate surface area is 180 Å². The van der Waals surface area contributed by atoms with E-state index < -0.39 is 0 Å². The molecule has 1 atom stereocenters. The normalized spacial score (nSPS) is 16.8. The molecule has 2 aromatic heterocycles. The molecular weight excluding hydrogens is 392 g/mol. The average Bonchev–Trinajstić information content (AvgIpc) is 3.14. The van der Waals surface area contributed by atoms with E-state index in [1.807, 2.05) is 18.7 Å². The zero-order valence-corrected chi connectivity index (χ0v) is 17.8. The van der Waals surface area contributed by atoms with Gasteiger partial charge in [0.1, 0.15) is 0 Å². The first-order valence-corrected chi connectivity index (χ1v) is 10.2. The highest BCUT2D eigenvalue weighted by Gasteiger charge is 2.26. The second-order valence-electron chi connectivity index (χ2n) is 7.98. The van der Waals surface area contributed by atoms with Gasteiger partial charge in [-0.3, -0.25) is 14.7 Å². The van der Waals surface area contributed by atoms with E-state index in [0.29, 0.717) is 29.1 Å². The largest absolute Gasteiger partial charge is 0.333 e. The minimum Gasteiger partial charge on any atom is -0.333 e. The molecule has 8 nitrogen and oxygen atoms in total. The summed E-state index contributed by atoms with van der Waals surface area (Å²) in [7, 11) is 2.05. The third-order valence-corrected chi connectivity index (χ3v) is 5.73. The summed E-state index contributed by atoms with van der Waals surface area (Å²) in [5.41, 5.74) is 2.91. The zero-order valence-electron chi connectivity index (χ0n) is 17.8. The van der Waals surface area contributed by atoms with Crippen molar-refractivity contribution >= 4 is 5.91 Å². The maximum Gasteiger partial charge on any atom is 0.280 e. The molecule has 0 spiro atoms. The van der Waals surface area contributed by atoms with Crippen LogP contribution < -0.4 is 5.56 Å². The van der Waals surface area contributed by atoms with Crippen molar-refractivity contribution in [1.29, 1.82) is 5.26 Å². The molecule has 1 aromatic carbocycles. The minimum atomic E-state index is -0.243. The molecule has 3 aromatic rings. The standard InChI is InChI=1S/C23H24N6O2/c1-15-10-17(11-24)4-6-19(15)20-13-26-29(23(20)31)21-7-5-18(12-25-21)22(30)28-9-8-27(3)14-16(28)2/h4-7,10,12-13,16,26H,8-9,14H2,1-3H3/t16-/m0/s1. The SMILES string of the molecule is Cc1cc(C#N)ccc1-c1c[nH]n(-c2ccc(C(=O)N3CCN(C)C[C@@H]3C)cn2)c1=O. The van der Waals surface area contributed by atoms with E-state index in [-0.39, 0.29) is 17.5 Å². The first kappa shape index (κ1) is 20.6. The van der Waals surface area contributed by atoms with Crippen molar-refractivity contribution in [3.05, 3.63) is 69.8 Å². The van der Waals surface area contributed by atoms with Crippen LogP contribution in [0.15, 0.2) is 47.5 Å². The van der Waals surface area contributed by atoms with E-state index in [9.17, 15) is 9.59 Å². The summed E-state index contributed by atoms with van der Waals surface area (Å²) in [6.45, 7) is 6.27. The number of nitrogens with zero attached hydrogens (tertiary/aromatic N) is 5. The van der Waals surface area contributed by atoms with Crippen LogP contribution in [0.2, 0.25) is 0 Å². The molecule has 0 unspecified atom stereocenters. The van der Waals surface area contributed by atoms with Gasteiger partial charge in [-0.05, 0) is 56.3 Å². The Morgan fingerprint density at radius 3 is 2.68 bits per heavy atom. The number of nitriles is 1. The lowest BCUT2D eigenvalue weighted by Gasteiger charge is -2.38. The van der Waals surface area contributed by atoms with E-state index in [0.717, 1.165) is 24.2 Å². The molecule has 1 amide bonds. The van der Waals surface area contributed by atoms with Crippen LogP contribution in [0, 0.1) is 18.3 Å². The molecule has 1 N–H and O–H groups in total. The first-order chi connectivity index (χ1) is 14.9. The number of benzene rings is 1. The van der Waals surface area contributed by atoms with Crippen LogP contribution in [0.25, 0.3) is 16.9 Å². The number of aryl methyl sites for hydroxylation is 1. The number of carbonyl (C=O) groups is 1. The van der Waals surface area contributed by atoms with Crippen LogP contribution in [-0.2, 0) is 0 Å². The number of hydrogen-bond acceptors (Lipinski definition) is 5. The predicted octanol–water partition coefficient (Wildman–Crippen LogP) is 2.18. The summed E-state index contributed by atoms with van der Waals surface area (Å²) in [6, 6.07) is 10.8. The third kappa shape index (κ3) is 3.88. The zero-order chi connectivity index (χ0) is 22.1. The minimum absolute atomic E-state index is 0.0487. The number of likely N-dealkylation sites (N-methyl/N-ethyl adjacent to an activating group) is 1. The van der Waals surface area contributed by atoms with Crippen molar-refractivity contribution in [2.24, 2.45) is 0 Å². The molecule has 4 rings (SSSR count). The van der Waals surface area contributed by atoms with Gasteiger partial charge in [0.25, 0.3) is 11.5 Å². The van der Waals surface area contributed by atoms with Gasteiger partial charge < -0.3 is 9.80 Å². The highest BCUT2D eigenvalue weighted by Crippen LogP contribution is 2.21. The van der Waals surface area contributed by atoms with Crippen molar-refractivity contribution in [2.75, 3.05) is 26.7 Å². The number of H-pyrrole nitrogens is 1. The topological polar surface area (TPSA) is 98.0 Å². The van der Waals surface area contributed by atoms with Crippen molar-refractivity contribution in [3.8, 4) is 23.0 Å². The number of rotatable bonds is 3. The fraction of sp³-hybridized carbons (Fsp3) is 0.304. The Kier molecular flexibility index (Phi) is 5.44. The maximum atomic E-state index is 13.0. The molecule has 1 aliphatic rings. The molecule has 31 heavy (non-hydrogen) atoms. The molecule has 0 aliphatic carbocycles. The molecule has 1 saturated heterocycles. The Bertz CT molecular complexity index is 1220. The Balaban J connectivity index is 1.59. The molecule has 3 heterocycles. The van der Waals surface area contributed by atoms with E-state index in [4.69, 9.17) is 5.26 Å². The van der Waals surface area contributed by atoms with Crippen molar-refractivity contribution in [2.45, 2.75) is 19.9 Å². The van der Waals surface area contributed by atoms with Gasteiger partial charge in [0.05, 0.1) is 22.8 Å². The Morgan fingerprint density at radius 2 is 2.03 bits per heavy atom. The predicted molar refractivity (Wildman–Crippen MR) is 117 cm³/mol. The number of hydrogen-bond donors (Lipinski definition) is 1. The van der Waals surface area contributed by atoms with Crippen LogP contribution in [-0.4, -0.2) is 63.2 Å². The van der Waals surface area contributed by atoms with E-state index in [1.54, 1.807) is 36.5 Å². The number of aromatic nitrogens is 3. The summed E-state index contributed by atoms with van der Waals surface area (Å²) in [5, 5.41) is 12.0. The number of pyridine rings is 1. The van der Waals surface area contributed by atoms with Gasteiger partial charge in [0.15, 0.2) is 5.82 Å². The van der Waals surface area contributed by atoms with Crippen molar-refractivity contribution in [3.63, 3.8) is 0 Å². The van der Waals surface area contributed by atoms with Gasteiger partial charge in [-0.2, -0.15) is 5.26 Å². The molecule has 1 fully saturated rings. The highest BCUT2D eigenvalue weighted by atomic mass is 16.2. The molecule has 158 valence electrons. The smallest absolute Gasteiger partial charge is 0.280 e. The van der Waals surface area contributed by atoms with Gasteiger partial charge in [0, 0.05) is 38.1 Å². The fourth-order valence-corrected chi connectivity index (χ4v) is 4.02. The van der Waals surface area contributed by atoms with Crippen LogP contribution in [0.3, 0.4) is 0 Å².